The van der Waals surface area contributed by atoms with Crippen molar-refractivity contribution in [3.63, 3.8) is 0 Å². The van der Waals surface area contributed by atoms with Gasteiger partial charge in [-0.1, -0.05) is 6.92 Å². The molecule has 2 aromatic rings. The highest BCUT2D eigenvalue weighted by Gasteiger charge is 2.24. The van der Waals surface area contributed by atoms with Gasteiger partial charge in [0.1, 0.15) is 11.8 Å². The monoisotopic (exact) mass is 293 g/mol. The number of aromatic amines is 1. The lowest BCUT2D eigenvalue weighted by atomic mass is 10.1. The first kappa shape index (κ1) is 13.5. The third-order valence-electron chi connectivity index (χ3n) is 3.96. The quantitative estimate of drug-likeness (QED) is 0.879. The summed E-state index contributed by atoms with van der Waals surface area (Å²) in [5.74, 6) is 0.544. The second kappa shape index (κ2) is 5.49. The third-order valence-corrected chi connectivity index (χ3v) is 4.26. The molecule has 0 aromatic carbocycles. The molecule has 1 aliphatic rings. The highest BCUT2D eigenvalue weighted by molar-refractivity contribution is 7.71. The van der Waals surface area contributed by atoms with Crippen LogP contribution in [0.1, 0.15) is 25.8 Å². The lowest BCUT2D eigenvalue weighted by Gasteiger charge is -2.32. The first-order valence-corrected chi connectivity index (χ1v) is 7.37. The maximum absolute atomic E-state index is 5.48. The zero-order chi connectivity index (χ0) is 14.1. The molecule has 2 aromatic heterocycles. The maximum Gasteiger partial charge on any atom is 0.242 e. The number of nitrogens with one attached hydrogen (secondary N) is 1. The van der Waals surface area contributed by atoms with E-state index in [9.17, 15) is 0 Å². The summed E-state index contributed by atoms with van der Waals surface area (Å²) in [7, 11) is 1.61. The smallest absolute Gasteiger partial charge is 0.242 e. The summed E-state index contributed by atoms with van der Waals surface area (Å²) in [5, 5.41) is 0. The number of hydrogen-bond donors (Lipinski definition) is 1. The molecule has 0 amide bonds. The van der Waals surface area contributed by atoms with Crippen LogP contribution in [-0.2, 0) is 0 Å². The van der Waals surface area contributed by atoms with Gasteiger partial charge >= 0.3 is 0 Å². The Bertz CT molecular complexity index is 664. The minimum absolute atomic E-state index is 0.365. The molecule has 1 saturated heterocycles. The SMILES string of the molecule is CCN1CCCC(n2c(=S)[nH]c3c(OC)ncnc32)C1. The highest BCUT2D eigenvalue weighted by Crippen LogP contribution is 2.28. The molecular formula is C13H19N5OS. The summed E-state index contributed by atoms with van der Waals surface area (Å²) in [5.41, 5.74) is 1.62. The molecule has 3 rings (SSSR count). The number of piperidine rings is 1. The van der Waals surface area contributed by atoms with Crippen LogP contribution < -0.4 is 4.74 Å². The molecule has 108 valence electrons. The van der Waals surface area contributed by atoms with E-state index >= 15 is 0 Å². The van der Waals surface area contributed by atoms with E-state index < -0.39 is 0 Å². The van der Waals surface area contributed by atoms with Crippen LogP contribution in [0.4, 0.5) is 0 Å². The van der Waals surface area contributed by atoms with Crippen molar-refractivity contribution in [1.82, 2.24) is 24.4 Å². The molecule has 7 heteroatoms. The van der Waals surface area contributed by atoms with Crippen molar-refractivity contribution < 1.29 is 4.74 Å². The van der Waals surface area contributed by atoms with E-state index in [2.05, 4.69) is 31.3 Å². The van der Waals surface area contributed by atoms with Crippen molar-refractivity contribution in [1.29, 1.82) is 0 Å². The Hall–Kier alpha value is -1.47. The highest BCUT2D eigenvalue weighted by atomic mass is 32.1. The number of imidazole rings is 1. The molecule has 0 saturated carbocycles. The number of likely N-dealkylation sites (N-methyl/N-ethyl adjacent to an activating group) is 1. The second-order valence-electron chi connectivity index (χ2n) is 5.07. The Morgan fingerprint density at radius 2 is 2.35 bits per heavy atom. The Morgan fingerprint density at radius 1 is 1.50 bits per heavy atom. The first-order valence-electron chi connectivity index (χ1n) is 6.96. The largest absolute Gasteiger partial charge is 0.479 e. The topological polar surface area (TPSA) is 59.0 Å². The average molecular weight is 293 g/mol. The standard InChI is InChI=1S/C13H19N5OS/c1-3-17-6-4-5-9(7-17)18-11-10(16-13(18)20)12(19-2)15-8-14-11/h8-9H,3-7H2,1-2H3,(H,16,20). The van der Waals surface area contributed by atoms with E-state index in [-0.39, 0.29) is 0 Å². The second-order valence-corrected chi connectivity index (χ2v) is 5.46. The van der Waals surface area contributed by atoms with Gasteiger partial charge in [-0.2, -0.15) is 4.98 Å². The van der Waals surface area contributed by atoms with Gasteiger partial charge in [0.05, 0.1) is 13.2 Å². The van der Waals surface area contributed by atoms with E-state index in [0.717, 1.165) is 30.7 Å². The van der Waals surface area contributed by atoms with Crippen molar-refractivity contribution >= 4 is 23.4 Å². The third kappa shape index (κ3) is 2.20. The number of fused-ring (bicyclic) bond motifs is 1. The number of methoxy groups -OCH3 is 1. The number of aromatic nitrogens is 4. The fourth-order valence-electron chi connectivity index (χ4n) is 2.94. The van der Waals surface area contributed by atoms with Crippen LogP contribution in [0.25, 0.3) is 11.2 Å². The number of ether oxygens (including phenoxy) is 1. The Labute approximate surface area is 122 Å². The number of nitrogens with zero attached hydrogens (tertiary/aromatic N) is 4. The summed E-state index contributed by atoms with van der Waals surface area (Å²) in [6, 6.07) is 0.365. The molecule has 1 fully saturated rings. The molecule has 6 nitrogen and oxygen atoms in total. The first-order chi connectivity index (χ1) is 9.74. The van der Waals surface area contributed by atoms with E-state index in [4.69, 9.17) is 17.0 Å². The van der Waals surface area contributed by atoms with Gasteiger partial charge in [-0.25, -0.2) is 4.98 Å². The molecule has 0 aliphatic carbocycles. The number of rotatable bonds is 3. The molecular weight excluding hydrogens is 274 g/mol. The average Bonchev–Trinajstić information content (AvgIpc) is 2.83. The van der Waals surface area contributed by atoms with Crippen LogP contribution in [0.2, 0.25) is 0 Å². The number of hydrogen-bond acceptors (Lipinski definition) is 5. The Morgan fingerprint density at radius 3 is 3.10 bits per heavy atom. The lowest BCUT2D eigenvalue weighted by molar-refractivity contribution is 0.186. The van der Waals surface area contributed by atoms with Gasteiger partial charge in [-0.3, -0.25) is 4.57 Å². The van der Waals surface area contributed by atoms with Gasteiger partial charge in [-0.05, 0) is 38.1 Å². The van der Waals surface area contributed by atoms with Gasteiger partial charge in [-0.15, -0.1) is 0 Å². The van der Waals surface area contributed by atoms with E-state index in [1.165, 1.54) is 19.3 Å². The van der Waals surface area contributed by atoms with Crippen LogP contribution in [0.15, 0.2) is 6.33 Å². The summed E-state index contributed by atoms with van der Waals surface area (Å²) in [6.45, 7) is 5.46. The molecule has 1 aliphatic heterocycles. The molecule has 3 heterocycles. The minimum Gasteiger partial charge on any atom is -0.479 e. The molecule has 1 atom stereocenters. The fourth-order valence-corrected chi connectivity index (χ4v) is 3.28. The van der Waals surface area contributed by atoms with Gasteiger partial charge in [0, 0.05) is 6.54 Å². The molecule has 0 spiro atoms. The van der Waals surface area contributed by atoms with Gasteiger partial charge in [0.25, 0.3) is 0 Å². The zero-order valence-electron chi connectivity index (χ0n) is 11.8. The number of likely N-dealkylation sites (tertiary alicyclic amines) is 1. The van der Waals surface area contributed by atoms with Crippen molar-refractivity contribution in [2.24, 2.45) is 0 Å². The molecule has 1 N–H and O–H groups in total. The van der Waals surface area contributed by atoms with E-state index in [1.807, 2.05) is 0 Å². The lowest BCUT2D eigenvalue weighted by Crippen LogP contribution is -2.36. The van der Waals surface area contributed by atoms with Crippen LogP contribution >= 0.6 is 12.2 Å². The molecule has 0 radical (unpaired) electrons. The van der Waals surface area contributed by atoms with Crippen LogP contribution in [0.5, 0.6) is 5.88 Å². The summed E-state index contributed by atoms with van der Waals surface area (Å²) < 4.78 is 8.09. The molecule has 20 heavy (non-hydrogen) atoms. The summed E-state index contributed by atoms with van der Waals surface area (Å²) in [6.07, 6.45) is 3.85. The van der Waals surface area contributed by atoms with Crippen molar-refractivity contribution in [3.8, 4) is 5.88 Å². The van der Waals surface area contributed by atoms with Crippen molar-refractivity contribution in [2.75, 3.05) is 26.7 Å². The molecule has 1 unspecified atom stereocenters. The predicted molar refractivity (Wildman–Crippen MR) is 79.6 cm³/mol. The van der Waals surface area contributed by atoms with Crippen LogP contribution in [0, 0.1) is 4.77 Å². The fraction of sp³-hybridized carbons (Fsp3) is 0.615. The minimum atomic E-state index is 0.365. The van der Waals surface area contributed by atoms with Crippen molar-refractivity contribution in [2.45, 2.75) is 25.8 Å². The maximum atomic E-state index is 5.48. The van der Waals surface area contributed by atoms with Gasteiger partial charge in [0.15, 0.2) is 10.4 Å². The van der Waals surface area contributed by atoms with Gasteiger partial charge in [0.2, 0.25) is 5.88 Å². The Balaban J connectivity index is 2.07. The van der Waals surface area contributed by atoms with E-state index in [1.54, 1.807) is 7.11 Å². The zero-order valence-corrected chi connectivity index (χ0v) is 12.6. The number of H-pyrrole nitrogens is 1. The van der Waals surface area contributed by atoms with Crippen LogP contribution in [-0.4, -0.2) is 51.2 Å². The van der Waals surface area contributed by atoms with Crippen molar-refractivity contribution in [3.05, 3.63) is 11.1 Å². The summed E-state index contributed by atoms with van der Waals surface area (Å²) >= 11 is 5.48. The van der Waals surface area contributed by atoms with Crippen LogP contribution in [0.3, 0.4) is 0 Å². The summed E-state index contributed by atoms with van der Waals surface area (Å²) in [4.78, 5) is 14.2. The molecule has 0 bridgehead atoms. The Kier molecular flexibility index (Phi) is 3.71. The predicted octanol–water partition coefficient (Wildman–Crippen LogP) is 2.15. The normalized spacial score (nSPS) is 20.4. The van der Waals surface area contributed by atoms with Gasteiger partial charge < -0.3 is 14.6 Å². The van der Waals surface area contributed by atoms with E-state index in [0.29, 0.717) is 16.7 Å².